The maximum absolute atomic E-state index is 12.6. The quantitative estimate of drug-likeness (QED) is 0.795. The molecule has 1 aromatic rings. The molecule has 116 valence electrons. The molecule has 3 fully saturated rings. The molecule has 3 aliphatic heterocycles. The number of aliphatic hydroxyl groups excluding tert-OH is 2. The summed E-state index contributed by atoms with van der Waals surface area (Å²) in [7, 11) is 0. The molecule has 3 saturated heterocycles. The molecule has 0 saturated carbocycles. The third kappa shape index (κ3) is 2.96. The van der Waals surface area contributed by atoms with E-state index in [1.807, 2.05) is 10.3 Å². The van der Waals surface area contributed by atoms with Crippen molar-refractivity contribution in [3.05, 3.63) is 16.6 Å². The minimum absolute atomic E-state index is 0.0250. The number of aromatic nitrogens is 1. The van der Waals surface area contributed by atoms with Crippen molar-refractivity contribution >= 4 is 17.2 Å². The molecule has 0 aliphatic carbocycles. The van der Waals surface area contributed by atoms with Gasteiger partial charge < -0.3 is 15.1 Å². The van der Waals surface area contributed by atoms with E-state index in [0.29, 0.717) is 13.1 Å². The molecule has 1 amide bonds. The Kier molecular flexibility index (Phi) is 4.54. The second kappa shape index (κ2) is 6.39. The van der Waals surface area contributed by atoms with Crippen LogP contribution in [0.1, 0.15) is 18.5 Å². The molecule has 4 heterocycles. The van der Waals surface area contributed by atoms with Crippen LogP contribution in [0.2, 0.25) is 0 Å². The largest absolute Gasteiger partial charge is 0.395 e. The lowest BCUT2D eigenvalue weighted by atomic mass is 9.94. The first kappa shape index (κ1) is 14.9. The minimum atomic E-state index is -0.264. The van der Waals surface area contributed by atoms with Gasteiger partial charge in [0.2, 0.25) is 5.91 Å². The highest BCUT2D eigenvalue weighted by Crippen LogP contribution is 2.31. The van der Waals surface area contributed by atoms with Crippen molar-refractivity contribution in [1.82, 2.24) is 14.8 Å². The Hall–Kier alpha value is -1.02. The summed E-state index contributed by atoms with van der Waals surface area (Å²) >= 11 is 1.54. The van der Waals surface area contributed by atoms with Crippen molar-refractivity contribution in [1.29, 1.82) is 0 Å². The van der Waals surface area contributed by atoms with E-state index in [1.165, 1.54) is 0 Å². The molecule has 6 nitrogen and oxygen atoms in total. The lowest BCUT2D eigenvalue weighted by molar-refractivity contribution is -0.140. The van der Waals surface area contributed by atoms with Crippen molar-refractivity contribution in [2.45, 2.75) is 31.5 Å². The number of carbonyl (C=O) groups excluding carboxylic acids is 1. The van der Waals surface area contributed by atoms with Crippen LogP contribution < -0.4 is 0 Å². The van der Waals surface area contributed by atoms with Gasteiger partial charge in [0.05, 0.1) is 42.9 Å². The summed E-state index contributed by atoms with van der Waals surface area (Å²) in [6, 6.07) is -0.112. The Morgan fingerprint density at radius 1 is 1.33 bits per heavy atom. The van der Waals surface area contributed by atoms with Gasteiger partial charge in [-0.15, -0.1) is 11.3 Å². The van der Waals surface area contributed by atoms with Crippen molar-refractivity contribution < 1.29 is 15.0 Å². The van der Waals surface area contributed by atoms with Crippen LogP contribution in [0.4, 0.5) is 0 Å². The Morgan fingerprint density at radius 2 is 2.14 bits per heavy atom. The summed E-state index contributed by atoms with van der Waals surface area (Å²) in [5.41, 5.74) is 2.73. The van der Waals surface area contributed by atoms with Gasteiger partial charge in [-0.2, -0.15) is 0 Å². The number of hydrogen-bond donors (Lipinski definition) is 2. The van der Waals surface area contributed by atoms with Crippen molar-refractivity contribution in [2.24, 2.45) is 5.92 Å². The number of carbonyl (C=O) groups is 1. The molecule has 0 spiro atoms. The van der Waals surface area contributed by atoms with Gasteiger partial charge in [-0.3, -0.25) is 9.69 Å². The standard InChI is InChI=1S/C14H21N3O3S/c18-6-13(7-19)16-3-10-1-2-12(5-16)17(14(10)20)4-11-8-21-9-15-11/h8-10,12-13,18-19H,1-7H2/t10-,12+/m1/s1. The third-order valence-electron chi connectivity index (χ3n) is 4.58. The second-order valence-electron chi connectivity index (χ2n) is 5.85. The summed E-state index contributed by atoms with van der Waals surface area (Å²) in [5.74, 6) is 0.166. The van der Waals surface area contributed by atoms with Crippen molar-refractivity contribution in [3.8, 4) is 0 Å². The number of aliphatic hydroxyl groups is 2. The SMILES string of the molecule is O=C1[C@@H]2CC[C@@H](CN(C(CO)CO)C2)N1Cc1cscn1. The average molecular weight is 311 g/mol. The normalized spacial score (nSPS) is 26.6. The minimum Gasteiger partial charge on any atom is -0.395 e. The maximum atomic E-state index is 12.6. The Morgan fingerprint density at radius 3 is 2.81 bits per heavy atom. The highest BCUT2D eigenvalue weighted by atomic mass is 32.1. The van der Waals surface area contributed by atoms with Crippen LogP contribution >= 0.6 is 11.3 Å². The van der Waals surface area contributed by atoms with Gasteiger partial charge in [-0.1, -0.05) is 0 Å². The number of rotatable bonds is 5. The van der Waals surface area contributed by atoms with E-state index in [2.05, 4.69) is 9.88 Å². The molecule has 2 N–H and O–H groups in total. The molecule has 3 aliphatic rings. The number of thiazole rings is 1. The smallest absolute Gasteiger partial charge is 0.227 e. The molecule has 1 aromatic heterocycles. The number of amides is 1. The molecule has 21 heavy (non-hydrogen) atoms. The zero-order valence-electron chi connectivity index (χ0n) is 11.9. The predicted molar refractivity (Wildman–Crippen MR) is 78.7 cm³/mol. The number of piperidine rings is 1. The second-order valence-corrected chi connectivity index (χ2v) is 6.57. The first-order valence-electron chi connectivity index (χ1n) is 7.36. The van der Waals surface area contributed by atoms with Crippen LogP contribution in [0.3, 0.4) is 0 Å². The Bertz CT molecular complexity index is 478. The fourth-order valence-corrected chi connectivity index (χ4v) is 3.91. The van der Waals surface area contributed by atoms with Gasteiger partial charge in [0.25, 0.3) is 0 Å². The van der Waals surface area contributed by atoms with Gasteiger partial charge in [0, 0.05) is 24.5 Å². The van der Waals surface area contributed by atoms with E-state index in [4.69, 9.17) is 0 Å². The van der Waals surface area contributed by atoms with Crippen molar-refractivity contribution in [2.75, 3.05) is 26.3 Å². The average Bonchev–Trinajstić information content (AvgIpc) is 2.86. The Balaban J connectivity index is 1.77. The van der Waals surface area contributed by atoms with Gasteiger partial charge in [0.15, 0.2) is 0 Å². The van der Waals surface area contributed by atoms with Crippen LogP contribution in [0, 0.1) is 5.92 Å². The fourth-order valence-electron chi connectivity index (χ4n) is 3.36. The van der Waals surface area contributed by atoms with Crippen LogP contribution in [0.25, 0.3) is 0 Å². The summed E-state index contributed by atoms with van der Waals surface area (Å²) in [6.07, 6.45) is 1.89. The van der Waals surface area contributed by atoms with E-state index in [9.17, 15) is 15.0 Å². The summed E-state index contributed by atoms with van der Waals surface area (Å²) in [5, 5.41) is 20.8. The van der Waals surface area contributed by atoms with Crippen LogP contribution in [-0.4, -0.2) is 69.3 Å². The van der Waals surface area contributed by atoms with Gasteiger partial charge >= 0.3 is 0 Å². The van der Waals surface area contributed by atoms with E-state index in [1.54, 1.807) is 16.8 Å². The molecule has 0 unspecified atom stereocenters. The third-order valence-corrected chi connectivity index (χ3v) is 5.21. The highest BCUT2D eigenvalue weighted by Gasteiger charge is 2.42. The molecule has 7 heteroatoms. The summed E-state index contributed by atoms with van der Waals surface area (Å²) in [6.45, 7) is 1.78. The first-order chi connectivity index (χ1) is 10.2. The molecule has 2 atom stereocenters. The molecule has 4 rings (SSSR count). The van der Waals surface area contributed by atoms with Crippen molar-refractivity contribution in [3.63, 3.8) is 0 Å². The van der Waals surface area contributed by atoms with Crippen LogP contribution in [0.5, 0.6) is 0 Å². The van der Waals surface area contributed by atoms with Crippen LogP contribution in [0.15, 0.2) is 10.9 Å². The van der Waals surface area contributed by atoms with Gasteiger partial charge in [-0.05, 0) is 12.8 Å². The monoisotopic (exact) mass is 311 g/mol. The van der Waals surface area contributed by atoms with Crippen LogP contribution in [-0.2, 0) is 11.3 Å². The predicted octanol–water partition coefficient (Wildman–Crippen LogP) is -0.0809. The number of hydrogen-bond acceptors (Lipinski definition) is 6. The lowest BCUT2D eigenvalue weighted by Crippen LogP contribution is -2.48. The first-order valence-corrected chi connectivity index (χ1v) is 8.30. The van der Waals surface area contributed by atoms with E-state index in [0.717, 1.165) is 25.1 Å². The lowest BCUT2D eigenvalue weighted by Gasteiger charge is -2.36. The molecule has 0 aromatic carbocycles. The zero-order valence-corrected chi connectivity index (χ0v) is 12.7. The van der Waals surface area contributed by atoms with Gasteiger partial charge in [0.1, 0.15) is 0 Å². The van der Waals surface area contributed by atoms with Gasteiger partial charge in [-0.25, -0.2) is 4.98 Å². The Labute approximate surface area is 128 Å². The topological polar surface area (TPSA) is 76.9 Å². The molecule has 0 radical (unpaired) electrons. The van der Waals surface area contributed by atoms with E-state index < -0.39 is 0 Å². The molecular weight excluding hydrogens is 290 g/mol. The van der Waals surface area contributed by atoms with E-state index in [-0.39, 0.29) is 37.1 Å². The summed E-state index contributed by atoms with van der Waals surface area (Å²) < 4.78 is 0. The highest BCUT2D eigenvalue weighted by molar-refractivity contribution is 7.07. The maximum Gasteiger partial charge on any atom is 0.227 e. The molecular formula is C14H21N3O3S. The molecule has 2 bridgehead atoms. The van der Waals surface area contributed by atoms with E-state index >= 15 is 0 Å². The number of fused-ring (bicyclic) bond motifs is 4. The zero-order chi connectivity index (χ0) is 14.8. The fraction of sp³-hybridized carbons (Fsp3) is 0.714. The number of nitrogens with zero attached hydrogens (tertiary/aromatic N) is 3. The summed E-state index contributed by atoms with van der Waals surface area (Å²) in [4.78, 5) is 20.9.